The van der Waals surface area contributed by atoms with Crippen LogP contribution in [0.4, 0.5) is 11.4 Å². The molecule has 0 N–H and O–H groups in total. The number of fused-ring (bicyclic) bond motifs is 1. The molecule has 3 aromatic rings. The van der Waals surface area contributed by atoms with Gasteiger partial charge < -0.3 is 9.47 Å². The third kappa shape index (κ3) is 4.63. The second-order valence-corrected chi connectivity index (χ2v) is 9.80. The number of nitrogens with zero attached hydrogens (tertiary/aromatic N) is 2. The van der Waals surface area contributed by atoms with Crippen LogP contribution in [0.5, 0.6) is 11.5 Å². The number of anilines is 2. The molecule has 3 aromatic carbocycles. The van der Waals surface area contributed by atoms with E-state index in [1.807, 2.05) is 87.5 Å². The lowest BCUT2D eigenvalue weighted by molar-refractivity contribution is -0.126. The largest absolute Gasteiger partial charge is 0.490 e. The van der Waals surface area contributed by atoms with Crippen LogP contribution in [0.3, 0.4) is 0 Å². The molecule has 198 valence electrons. The number of rotatable bonds is 9. The summed E-state index contributed by atoms with van der Waals surface area (Å²) in [6, 6.07) is 20.5. The molecule has 2 heterocycles. The molecule has 7 heteroatoms. The standard InChI is InChI=1S/C31H34N2O5/c1-5-7-17-37-25-16-14-22(19-26(25)36-6-2)28-27-29(38-33(28)23-11-9-8-10-12-23)31(35)32(30(27)34)24-15-13-20(3)18-21(24)4/h8-16,18-19,27-29H,5-7,17H2,1-4H3/t27-,28+,29+/m0/s1. The zero-order chi connectivity index (χ0) is 26.8. The number of hydrogen-bond acceptors (Lipinski definition) is 6. The highest BCUT2D eigenvalue weighted by molar-refractivity contribution is 6.24. The van der Waals surface area contributed by atoms with Gasteiger partial charge in [-0.2, -0.15) is 0 Å². The smallest absolute Gasteiger partial charge is 0.266 e. The van der Waals surface area contributed by atoms with Gasteiger partial charge in [0.1, 0.15) is 5.92 Å². The van der Waals surface area contributed by atoms with Gasteiger partial charge in [0.2, 0.25) is 5.91 Å². The summed E-state index contributed by atoms with van der Waals surface area (Å²) in [6.45, 7) is 9.02. The number of hydrogen-bond donors (Lipinski definition) is 0. The molecule has 0 aromatic heterocycles. The first-order valence-electron chi connectivity index (χ1n) is 13.3. The van der Waals surface area contributed by atoms with Gasteiger partial charge >= 0.3 is 0 Å². The number of aryl methyl sites for hydroxylation is 2. The Morgan fingerprint density at radius 3 is 2.37 bits per heavy atom. The second-order valence-electron chi connectivity index (χ2n) is 9.80. The molecule has 2 aliphatic rings. The summed E-state index contributed by atoms with van der Waals surface area (Å²) < 4.78 is 11.9. The summed E-state index contributed by atoms with van der Waals surface area (Å²) >= 11 is 0. The number of amides is 2. The maximum Gasteiger partial charge on any atom is 0.266 e. The lowest BCUT2D eigenvalue weighted by atomic mass is 9.90. The van der Waals surface area contributed by atoms with Crippen molar-refractivity contribution in [3.05, 3.63) is 83.4 Å². The Morgan fingerprint density at radius 2 is 1.66 bits per heavy atom. The molecule has 2 fully saturated rings. The average Bonchev–Trinajstić information content (AvgIpc) is 3.42. The molecule has 0 bridgehead atoms. The molecule has 2 aliphatic heterocycles. The van der Waals surface area contributed by atoms with E-state index >= 15 is 0 Å². The molecular formula is C31H34N2O5. The Labute approximate surface area is 223 Å². The lowest BCUT2D eigenvalue weighted by Gasteiger charge is -2.29. The van der Waals surface area contributed by atoms with E-state index < -0.39 is 18.1 Å². The Kier molecular flexibility index (Phi) is 7.38. The van der Waals surface area contributed by atoms with Crippen molar-refractivity contribution in [2.45, 2.75) is 52.7 Å². The zero-order valence-corrected chi connectivity index (χ0v) is 22.3. The number of unbranched alkanes of at least 4 members (excludes halogenated alkanes) is 1. The SMILES string of the molecule is CCCCOc1ccc([C@@H]2[C@@H]3C(=O)N(c4ccc(C)cc4C)C(=O)[C@@H]3ON2c2ccccc2)cc1OCC. The molecular weight excluding hydrogens is 480 g/mol. The summed E-state index contributed by atoms with van der Waals surface area (Å²) in [5.74, 6) is -0.0571. The van der Waals surface area contributed by atoms with Gasteiger partial charge in [-0.15, -0.1) is 0 Å². The zero-order valence-electron chi connectivity index (χ0n) is 22.3. The maximum absolute atomic E-state index is 14.0. The van der Waals surface area contributed by atoms with Crippen molar-refractivity contribution in [3.63, 3.8) is 0 Å². The highest BCUT2D eigenvalue weighted by atomic mass is 16.7. The Bertz CT molecular complexity index is 1330. The first kappa shape index (κ1) is 25.8. The fraction of sp³-hybridized carbons (Fsp3) is 0.355. The first-order valence-corrected chi connectivity index (χ1v) is 13.3. The van der Waals surface area contributed by atoms with Crippen molar-refractivity contribution in [3.8, 4) is 11.5 Å². The summed E-state index contributed by atoms with van der Waals surface area (Å²) in [4.78, 5) is 35.2. The van der Waals surface area contributed by atoms with Crippen LogP contribution in [-0.2, 0) is 14.4 Å². The van der Waals surface area contributed by atoms with Gasteiger partial charge in [-0.05, 0) is 68.7 Å². The van der Waals surface area contributed by atoms with E-state index in [9.17, 15) is 9.59 Å². The predicted octanol–water partition coefficient (Wildman–Crippen LogP) is 5.93. The van der Waals surface area contributed by atoms with Crippen molar-refractivity contribution in [2.75, 3.05) is 23.2 Å². The van der Waals surface area contributed by atoms with E-state index in [1.54, 1.807) is 5.06 Å². The number of carbonyl (C=O) groups excluding carboxylic acids is 2. The van der Waals surface area contributed by atoms with Crippen LogP contribution in [0.25, 0.3) is 0 Å². The molecule has 0 unspecified atom stereocenters. The van der Waals surface area contributed by atoms with E-state index in [0.29, 0.717) is 30.4 Å². The molecule has 0 radical (unpaired) electrons. The van der Waals surface area contributed by atoms with Crippen LogP contribution in [-0.4, -0.2) is 31.1 Å². The van der Waals surface area contributed by atoms with Gasteiger partial charge in [0.25, 0.3) is 5.91 Å². The number of hydroxylamine groups is 1. The van der Waals surface area contributed by atoms with E-state index in [-0.39, 0.29) is 11.8 Å². The van der Waals surface area contributed by atoms with Gasteiger partial charge in [0.05, 0.1) is 30.6 Å². The molecule has 0 saturated carbocycles. The number of para-hydroxylation sites is 1. The van der Waals surface area contributed by atoms with E-state index in [2.05, 4.69) is 6.92 Å². The van der Waals surface area contributed by atoms with E-state index in [4.69, 9.17) is 14.3 Å². The summed E-state index contributed by atoms with van der Waals surface area (Å²) in [7, 11) is 0. The Balaban J connectivity index is 1.56. The summed E-state index contributed by atoms with van der Waals surface area (Å²) in [5.41, 5.74) is 4.13. The minimum atomic E-state index is -0.926. The molecule has 2 amide bonds. The van der Waals surface area contributed by atoms with E-state index in [1.165, 1.54) is 4.90 Å². The van der Waals surface area contributed by atoms with Crippen molar-refractivity contribution >= 4 is 23.2 Å². The average molecular weight is 515 g/mol. The van der Waals surface area contributed by atoms with Crippen molar-refractivity contribution < 1.29 is 23.9 Å². The number of benzene rings is 3. The van der Waals surface area contributed by atoms with Crippen LogP contribution < -0.4 is 19.4 Å². The molecule has 38 heavy (non-hydrogen) atoms. The number of imide groups is 1. The van der Waals surface area contributed by atoms with Gasteiger partial charge in [0.15, 0.2) is 17.6 Å². The quantitative estimate of drug-likeness (QED) is 0.260. The number of carbonyl (C=O) groups is 2. The first-order chi connectivity index (χ1) is 18.4. The van der Waals surface area contributed by atoms with Crippen LogP contribution in [0.2, 0.25) is 0 Å². The Hall–Kier alpha value is -3.84. The fourth-order valence-electron chi connectivity index (χ4n) is 5.27. The third-order valence-corrected chi connectivity index (χ3v) is 7.08. The minimum absolute atomic E-state index is 0.267. The molecule has 5 rings (SSSR count). The fourth-order valence-corrected chi connectivity index (χ4v) is 5.27. The molecule has 0 aliphatic carbocycles. The molecule has 3 atom stereocenters. The third-order valence-electron chi connectivity index (χ3n) is 7.08. The van der Waals surface area contributed by atoms with Crippen molar-refractivity contribution in [2.24, 2.45) is 5.92 Å². The van der Waals surface area contributed by atoms with Gasteiger partial charge in [-0.1, -0.05) is 55.3 Å². The molecule has 0 spiro atoms. The molecule has 2 saturated heterocycles. The van der Waals surface area contributed by atoms with Gasteiger partial charge in [-0.25, -0.2) is 9.96 Å². The topological polar surface area (TPSA) is 68.3 Å². The van der Waals surface area contributed by atoms with Crippen LogP contribution >= 0.6 is 0 Å². The normalized spacial score (nSPS) is 20.7. The van der Waals surface area contributed by atoms with Crippen molar-refractivity contribution in [1.29, 1.82) is 0 Å². The molecule has 7 nitrogen and oxygen atoms in total. The van der Waals surface area contributed by atoms with Crippen LogP contribution in [0.15, 0.2) is 66.7 Å². The maximum atomic E-state index is 14.0. The van der Waals surface area contributed by atoms with Gasteiger partial charge in [-0.3, -0.25) is 14.4 Å². The van der Waals surface area contributed by atoms with Gasteiger partial charge in [0, 0.05) is 0 Å². The minimum Gasteiger partial charge on any atom is -0.490 e. The predicted molar refractivity (Wildman–Crippen MR) is 146 cm³/mol. The number of ether oxygens (including phenoxy) is 2. The van der Waals surface area contributed by atoms with Crippen LogP contribution in [0.1, 0.15) is 49.4 Å². The summed E-state index contributed by atoms with van der Waals surface area (Å²) in [5, 5.41) is 1.70. The van der Waals surface area contributed by atoms with Crippen molar-refractivity contribution in [1.82, 2.24) is 0 Å². The Morgan fingerprint density at radius 1 is 0.868 bits per heavy atom. The monoisotopic (exact) mass is 514 g/mol. The second kappa shape index (κ2) is 10.9. The van der Waals surface area contributed by atoms with E-state index in [0.717, 1.165) is 35.2 Å². The highest BCUT2D eigenvalue weighted by Gasteiger charge is 2.60. The highest BCUT2D eigenvalue weighted by Crippen LogP contribution is 2.49. The van der Waals surface area contributed by atoms with Crippen LogP contribution in [0, 0.1) is 19.8 Å². The lowest BCUT2D eigenvalue weighted by Crippen LogP contribution is -2.37. The summed E-state index contributed by atoms with van der Waals surface area (Å²) in [6.07, 6.45) is 1.05.